The van der Waals surface area contributed by atoms with Crippen LogP contribution in [0.5, 0.6) is 0 Å². The largest absolute Gasteiger partial charge is 0.314 e. The molecule has 1 aliphatic carbocycles. The van der Waals surface area contributed by atoms with Crippen molar-refractivity contribution in [2.45, 2.75) is 50.0 Å². The van der Waals surface area contributed by atoms with Crippen molar-refractivity contribution in [2.75, 3.05) is 31.1 Å². The van der Waals surface area contributed by atoms with E-state index >= 15 is 0 Å². The minimum Gasteiger partial charge on any atom is -0.314 e. The van der Waals surface area contributed by atoms with E-state index in [0.29, 0.717) is 37.0 Å². The third-order valence-electron chi connectivity index (χ3n) is 5.81. The van der Waals surface area contributed by atoms with Gasteiger partial charge in [0.15, 0.2) is 0 Å². The van der Waals surface area contributed by atoms with Crippen LogP contribution in [-0.2, 0) is 21.2 Å². The van der Waals surface area contributed by atoms with Gasteiger partial charge in [0.1, 0.15) is 0 Å². The fourth-order valence-corrected chi connectivity index (χ4v) is 5.49. The highest BCUT2D eigenvalue weighted by Gasteiger charge is 2.32. The van der Waals surface area contributed by atoms with Crippen LogP contribution < -0.4 is 10.2 Å². The van der Waals surface area contributed by atoms with Crippen LogP contribution in [0.2, 0.25) is 0 Å². The second kappa shape index (κ2) is 6.94. The van der Waals surface area contributed by atoms with Crippen LogP contribution in [0.25, 0.3) is 0 Å². The summed E-state index contributed by atoms with van der Waals surface area (Å²) in [4.78, 5) is 13.7. The number of hydrogen-bond donors (Lipinski definition) is 1. The Morgan fingerprint density at radius 1 is 1.15 bits per heavy atom. The lowest BCUT2D eigenvalue weighted by atomic mass is 10.1. The Hall–Kier alpha value is -1.44. The zero-order chi connectivity index (χ0) is 18.3. The number of hydrogen-bond acceptors (Lipinski definition) is 4. The molecule has 7 heteroatoms. The van der Waals surface area contributed by atoms with Gasteiger partial charge in [-0.15, -0.1) is 0 Å². The van der Waals surface area contributed by atoms with Crippen LogP contribution >= 0.6 is 0 Å². The van der Waals surface area contributed by atoms with E-state index in [9.17, 15) is 13.2 Å². The van der Waals surface area contributed by atoms with Crippen LogP contribution in [-0.4, -0.2) is 50.9 Å². The minimum atomic E-state index is -3.46. The Kier molecular flexibility index (Phi) is 4.79. The highest BCUT2D eigenvalue weighted by atomic mass is 32.2. The fourth-order valence-electron chi connectivity index (χ4n) is 3.97. The quantitative estimate of drug-likeness (QED) is 0.849. The summed E-state index contributed by atoms with van der Waals surface area (Å²) < 4.78 is 27.6. The number of nitrogens with one attached hydrogen (secondary N) is 1. The third kappa shape index (κ3) is 3.52. The number of carbonyl (C=O) groups excluding carboxylic acids is 1. The summed E-state index contributed by atoms with van der Waals surface area (Å²) in [6, 6.07) is 5.62. The van der Waals surface area contributed by atoms with Gasteiger partial charge in [0, 0.05) is 38.3 Å². The molecule has 0 aromatic heterocycles. The van der Waals surface area contributed by atoms with Crippen molar-refractivity contribution in [1.82, 2.24) is 9.62 Å². The van der Waals surface area contributed by atoms with Gasteiger partial charge in [0.25, 0.3) is 0 Å². The number of nitrogens with zero attached hydrogens (tertiary/aromatic N) is 2. The molecule has 1 saturated heterocycles. The zero-order valence-electron chi connectivity index (χ0n) is 15.3. The van der Waals surface area contributed by atoms with Crippen molar-refractivity contribution < 1.29 is 13.2 Å². The number of fused-ring (bicyclic) bond motifs is 1. The molecule has 1 amide bonds. The van der Waals surface area contributed by atoms with Gasteiger partial charge in [-0.3, -0.25) is 4.79 Å². The molecule has 1 N–H and O–H groups in total. The molecule has 1 aromatic carbocycles. The fraction of sp³-hybridized carbons (Fsp3) is 0.632. The summed E-state index contributed by atoms with van der Waals surface area (Å²) in [7, 11) is -3.46. The van der Waals surface area contributed by atoms with Gasteiger partial charge in [-0.25, -0.2) is 8.42 Å². The van der Waals surface area contributed by atoms with Gasteiger partial charge >= 0.3 is 0 Å². The van der Waals surface area contributed by atoms with Crippen LogP contribution in [0, 0.1) is 5.92 Å². The maximum absolute atomic E-state index is 13.0. The first-order chi connectivity index (χ1) is 12.4. The van der Waals surface area contributed by atoms with Crippen LogP contribution in [0.15, 0.2) is 23.1 Å². The lowest BCUT2D eigenvalue weighted by Gasteiger charge is -2.32. The van der Waals surface area contributed by atoms with Crippen molar-refractivity contribution in [3.63, 3.8) is 0 Å². The summed E-state index contributed by atoms with van der Waals surface area (Å²) in [6.07, 6.45) is 5.12. The molecule has 1 aromatic rings. The van der Waals surface area contributed by atoms with Crippen LogP contribution in [0.1, 0.15) is 38.2 Å². The standard InChI is InChI=1S/C19H27N3O3S/c1-14(23)22-11-6-16-12-18(4-5-19(16)22)26(24,25)21-9-7-17(8-10-21)20-13-15-2-3-15/h4-5,12,15,17,20H,2-3,6-11,13H2,1H3. The molecule has 2 heterocycles. The molecule has 2 fully saturated rings. The van der Waals surface area contributed by atoms with E-state index in [1.165, 1.54) is 12.8 Å². The lowest BCUT2D eigenvalue weighted by Crippen LogP contribution is -2.45. The van der Waals surface area contributed by atoms with E-state index in [0.717, 1.165) is 36.6 Å². The summed E-state index contributed by atoms with van der Waals surface area (Å²) in [5.74, 6) is 0.845. The van der Waals surface area contributed by atoms with E-state index in [1.807, 2.05) is 0 Å². The summed E-state index contributed by atoms with van der Waals surface area (Å²) in [6.45, 7) is 4.39. The third-order valence-corrected chi connectivity index (χ3v) is 7.71. The normalized spacial score (nSPS) is 21.8. The lowest BCUT2D eigenvalue weighted by molar-refractivity contribution is -0.116. The van der Waals surface area contributed by atoms with Gasteiger partial charge < -0.3 is 10.2 Å². The first kappa shape index (κ1) is 17.9. The topological polar surface area (TPSA) is 69.7 Å². The second-order valence-corrected chi connectivity index (χ2v) is 9.68. The van der Waals surface area contributed by atoms with Gasteiger partial charge in [0.2, 0.25) is 15.9 Å². The van der Waals surface area contributed by atoms with E-state index < -0.39 is 10.0 Å². The van der Waals surface area contributed by atoms with Crippen molar-refractivity contribution >= 4 is 21.6 Å². The second-order valence-electron chi connectivity index (χ2n) is 7.74. The molecule has 4 rings (SSSR count). The molecule has 6 nitrogen and oxygen atoms in total. The smallest absolute Gasteiger partial charge is 0.243 e. The molecular weight excluding hydrogens is 350 g/mol. The summed E-state index contributed by atoms with van der Waals surface area (Å²) in [5.41, 5.74) is 1.79. The number of benzene rings is 1. The van der Waals surface area contributed by atoms with Gasteiger partial charge in [0.05, 0.1) is 4.90 Å². The van der Waals surface area contributed by atoms with E-state index in [1.54, 1.807) is 34.3 Å². The van der Waals surface area contributed by atoms with Crippen molar-refractivity contribution in [3.05, 3.63) is 23.8 Å². The number of amides is 1. The average Bonchev–Trinajstić information content (AvgIpc) is 3.36. The number of rotatable bonds is 5. The molecule has 3 aliphatic rings. The molecule has 0 unspecified atom stereocenters. The average molecular weight is 378 g/mol. The Balaban J connectivity index is 1.43. The summed E-state index contributed by atoms with van der Waals surface area (Å²) >= 11 is 0. The molecule has 2 aliphatic heterocycles. The molecule has 0 radical (unpaired) electrons. The first-order valence-corrected chi connectivity index (χ1v) is 11.0. The van der Waals surface area contributed by atoms with E-state index in [2.05, 4.69) is 5.32 Å². The predicted molar refractivity (Wildman–Crippen MR) is 101 cm³/mol. The Morgan fingerprint density at radius 2 is 1.88 bits per heavy atom. The molecule has 0 bridgehead atoms. The van der Waals surface area contributed by atoms with Gasteiger partial charge in [-0.1, -0.05) is 0 Å². The van der Waals surface area contributed by atoms with Gasteiger partial charge in [-0.05, 0) is 68.3 Å². The van der Waals surface area contributed by atoms with E-state index in [4.69, 9.17) is 0 Å². The molecule has 0 spiro atoms. The Morgan fingerprint density at radius 3 is 2.54 bits per heavy atom. The molecule has 142 valence electrons. The zero-order valence-corrected chi connectivity index (χ0v) is 16.1. The van der Waals surface area contributed by atoms with E-state index in [-0.39, 0.29) is 5.91 Å². The minimum absolute atomic E-state index is 0.000118. The number of anilines is 1. The SMILES string of the molecule is CC(=O)N1CCc2cc(S(=O)(=O)N3CCC(NCC4CC4)CC3)ccc21. The predicted octanol–water partition coefficient (Wildman–Crippen LogP) is 1.75. The monoisotopic (exact) mass is 377 g/mol. The van der Waals surface area contributed by atoms with Crippen molar-refractivity contribution in [1.29, 1.82) is 0 Å². The van der Waals surface area contributed by atoms with Crippen molar-refractivity contribution in [2.24, 2.45) is 5.92 Å². The maximum Gasteiger partial charge on any atom is 0.243 e. The Bertz CT molecular complexity index is 796. The molecule has 26 heavy (non-hydrogen) atoms. The van der Waals surface area contributed by atoms with Crippen molar-refractivity contribution in [3.8, 4) is 0 Å². The molecule has 1 saturated carbocycles. The maximum atomic E-state index is 13.0. The van der Waals surface area contributed by atoms with Crippen LogP contribution in [0.3, 0.4) is 0 Å². The number of piperidine rings is 1. The molecular formula is C19H27N3O3S. The first-order valence-electron chi connectivity index (χ1n) is 9.60. The highest BCUT2D eigenvalue weighted by Crippen LogP contribution is 2.32. The van der Waals surface area contributed by atoms with Crippen LogP contribution in [0.4, 0.5) is 5.69 Å². The molecule has 0 atom stereocenters. The summed E-state index contributed by atoms with van der Waals surface area (Å²) in [5, 5.41) is 3.59. The number of sulfonamides is 1. The Labute approximate surface area is 155 Å². The number of carbonyl (C=O) groups is 1. The van der Waals surface area contributed by atoms with Gasteiger partial charge in [-0.2, -0.15) is 4.31 Å². The highest BCUT2D eigenvalue weighted by molar-refractivity contribution is 7.89.